The van der Waals surface area contributed by atoms with Crippen LogP contribution in [-0.2, 0) is 22.5 Å². The van der Waals surface area contributed by atoms with E-state index in [1.54, 1.807) is 0 Å². The van der Waals surface area contributed by atoms with Crippen LogP contribution >= 0.6 is 0 Å². The maximum absolute atomic E-state index is 5.58. The van der Waals surface area contributed by atoms with Crippen LogP contribution in [0.4, 0.5) is 0 Å². The molecule has 0 radical (unpaired) electrons. The Morgan fingerprint density at radius 2 is 1.63 bits per heavy atom. The lowest BCUT2D eigenvalue weighted by atomic mass is 10.1. The fourth-order valence-corrected chi connectivity index (χ4v) is 1.73. The van der Waals surface area contributed by atoms with Crippen molar-refractivity contribution in [3.63, 3.8) is 0 Å². The van der Waals surface area contributed by atoms with Gasteiger partial charge < -0.3 is 14.8 Å². The van der Waals surface area contributed by atoms with E-state index in [4.69, 9.17) is 9.47 Å². The van der Waals surface area contributed by atoms with Crippen LogP contribution in [0.25, 0.3) is 0 Å². The van der Waals surface area contributed by atoms with E-state index in [-0.39, 0.29) is 0 Å². The summed E-state index contributed by atoms with van der Waals surface area (Å²) in [5, 5.41) is 3.15. The van der Waals surface area contributed by atoms with Gasteiger partial charge in [-0.2, -0.15) is 0 Å². The Hall–Kier alpha value is -0.900. The number of rotatable bonds is 11. The monoisotopic (exact) mass is 265 g/mol. The summed E-state index contributed by atoms with van der Waals surface area (Å²) in [4.78, 5) is 0. The van der Waals surface area contributed by atoms with Gasteiger partial charge >= 0.3 is 0 Å². The lowest BCUT2D eigenvalue weighted by Gasteiger charge is -2.06. The number of benzene rings is 1. The first-order valence-corrected chi connectivity index (χ1v) is 7.24. The molecular formula is C16H27NO2. The van der Waals surface area contributed by atoms with Crippen LogP contribution in [0.2, 0.25) is 0 Å². The summed E-state index contributed by atoms with van der Waals surface area (Å²) in [6, 6.07) is 8.63. The number of nitrogens with one attached hydrogen (secondary N) is 1. The average molecular weight is 265 g/mol. The van der Waals surface area contributed by atoms with Gasteiger partial charge in [0.15, 0.2) is 0 Å². The molecule has 19 heavy (non-hydrogen) atoms. The highest BCUT2D eigenvalue weighted by Gasteiger charge is 1.96. The Bertz CT molecular complexity index is 311. The summed E-state index contributed by atoms with van der Waals surface area (Å²) < 4.78 is 11.0. The largest absolute Gasteiger partial charge is 0.379 e. The van der Waals surface area contributed by atoms with E-state index < -0.39 is 0 Å². The van der Waals surface area contributed by atoms with E-state index >= 15 is 0 Å². The van der Waals surface area contributed by atoms with Crippen molar-refractivity contribution in [2.24, 2.45) is 0 Å². The highest BCUT2D eigenvalue weighted by atomic mass is 16.5. The minimum Gasteiger partial charge on any atom is -0.379 e. The van der Waals surface area contributed by atoms with Gasteiger partial charge in [-0.25, -0.2) is 0 Å². The molecule has 1 aromatic carbocycles. The molecule has 0 aliphatic heterocycles. The summed E-state index contributed by atoms with van der Waals surface area (Å²) >= 11 is 0. The molecule has 0 spiro atoms. The van der Waals surface area contributed by atoms with Gasteiger partial charge in [0.05, 0.1) is 19.8 Å². The molecule has 0 unspecified atom stereocenters. The van der Waals surface area contributed by atoms with E-state index in [0.717, 1.165) is 26.0 Å². The third kappa shape index (κ3) is 7.98. The van der Waals surface area contributed by atoms with E-state index in [9.17, 15) is 0 Å². The van der Waals surface area contributed by atoms with Crippen LogP contribution in [0.5, 0.6) is 0 Å². The molecule has 0 amide bonds. The number of likely N-dealkylation sites (N-methyl/N-ethyl adjacent to an activating group) is 1. The van der Waals surface area contributed by atoms with Crippen LogP contribution in [0.15, 0.2) is 24.3 Å². The molecule has 1 aromatic rings. The van der Waals surface area contributed by atoms with Crippen LogP contribution in [0, 0.1) is 0 Å². The zero-order valence-corrected chi connectivity index (χ0v) is 12.3. The summed E-state index contributed by atoms with van der Waals surface area (Å²) in [5.74, 6) is 0. The van der Waals surface area contributed by atoms with E-state index in [2.05, 4.69) is 36.5 Å². The van der Waals surface area contributed by atoms with Crippen molar-refractivity contribution in [2.75, 3.05) is 33.4 Å². The smallest absolute Gasteiger partial charge is 0.0718 e. The highest BCUT2D eigenvalue weighted by molar-refractivity contribution is 5.22. The molecule has 1 rings (SSSR count). The molecule has 0 bridgehead atoms. The second kappa shape index (κ2) is 11.0. The maximum Gasteiger partial charge on any atom is 0.0718 e. The number of unbranched alkanes of at least 4 members (excludes halogenated alkanes) is 1. The molecule has 3 heteroatoms. The van der Waals surface area contributed by atoms with Crippen LogP contribution in [-0.4, -0.2) is 33.4 Å². The van der Waals surface area contributed by atoms with Gasteiger partial charge in [-0.15, -0.1) is 0 Å². The molecule has 0 aliphatic carbocycles. The molecule has 0 saturated carbocycles. The lowest BCUT2D eigenvalue weighted by Crippen LogP contribution is -2.10. The molecule has 0 atom stereocenters. The predicted molar refractivity (Wildman–Crippen MR) is 79.5 cm³/mol. The van der Waals surface area contributed by atoms with Crippen LogP contribution in [0.1, 0.15) is 30.9 Å². The number of hydrogen-bond donors (Lipinski definition) is 1. The van der Waals surface area contributed by atoms with Crippen molar-refractivity contribution in [3.8, 4) is 0 Å². The fraction of sp³-hybridized carbons (Fsp3) is 0.625. The number of ether oxygens (including phenoxy) is 2. The summed E-state index contributed by atoms with van der Waals surface area (Å²) in [7, 11) is 1.98. The van der Waals surface area contributed by atoms with Crippen molar-refractivity contribution in [1.29, 1.82) is 0 Å². The van der Waals surface area contributed by atoms with Crippen molar-refractivity contribution < 1.29 is 9.47 Å². The molecule has 108 valence electrons. The first-order chi connectivity index (χ1) is 9.36. The van der Waals surface area contributed by atoms with Gasteiger partial charge in [-0.3, -0.25) is 0 Å². The molecule has 0 fully saturated rings. The van der Waals surface area contributed by atoms with E-state index in [0.29, 0.717) is 19.8 Å². The first kappa shape index (κ1) is 16.2. The lowest BCUT2D eigenvalue weighted by molar-refractivity contribution is 0.0397. The van der Waals surface area contributed by atoms with Gasteiger partial charge in [0.2, 0.25) is 0 Å². The van der Waals surface area contributed by atoms with Crippen LogP contribution < -0.4 is 5.32 Å². The number of hydrogen-bond acceptors (Lipinski definition) is 3. The van der Waals surface area contributed by atoms with Crippen LogP contribution in [0.3, 0.4) is 0 Å². The average Bonchev–Trinajstić information content (AvgIpc) is 2.45. The molecule has 0 aliphatic rings. The minimum absolute atomic E-state index is 0.670. The fourth-order valence-electron chi connectivity index (χ4n) is 1.73. The molecule has 0 aromatic heterocycles. The Morgan fingerprint density at radius 1 is 0.947 bits per heavy atom. The van der Waals surface area contributed by atoms with Gasteiger partial charge in [0.25, 0.3) is 0 Å². The first-order valence-electron chi connectivity index (χ1n) is 7.24. The van der Waals surface area contributed by atoms with Gasteiger partial charge in [-0.1, -0.05) is 37.6 Å². The molecule has 3 nitrogen and oxygen atoms in total. The quantitative estimate of drug-likeness (QED) is 0.624. The topological polar surface area (TPSA) is 30.5 Å². The Balaban J connectivity index is 2.09. The second-order valence-electron chi connectivity index (χ2n) is 4.69. The van der Waals surface area contributed by atoms with Crippen molar-refractivity contribution in [1.82, 2.24) is 5.32 Å². The van der Waals surface area contributed by atoms with Gasteiger partial charge in [-0.05, 0) is 37.6 Å². The standard InChI is InChI=1S/C16H27NO2/c1-3-4-11-18-12-13-19-14-16-7-5-15(6-8-16)9-10-17-2/h5-8,17H,3-4,9-14H2,1-2H3. The Kier molecular flexibility index (Phi) is 9.33. The van der Waals surface area contributed by atoms with E-state index in [1.165, 1.54) is 17.5 Å². The molecular weight excluding hydrogens is 238 g/mol. The van der Waals surface area contributed by atoms with Crippen molar-refractivity contribution in [3.05, 3.63) is 35.4 Å². The SMILES string of the molecule is CCCCOCCOCc1ccc(CCNC)cc1. The van der Waals surface area contributed by atoms with Gasteiger partial charge in [0, 0.05) is 6.61 Å². The maximum atomic E-state index is 5.58. The zero-order valence-electron chi connectivity index (χ0n) is 12.3. The predicted octanol–water partition coefficient (Wildman–Crippen LogP) is 2.78. The summed E-state index contributed by atoms with van der Waals surface area (Å²) in [5.41, 5.74) is 2.59. The third-order valence-electron chi connectivity index (χ3n) is 2.97. The summed E-state index contributed by atoms with van der Waals surface area (Å²) in [6.45, 7) is 6.07. The normalized spacial score (nSPS) is 10.8. The summed E-state index contributed by atoms with van der Waals surface area (Å²) in [6.07, 6.45) is 3.39. The molecule has 0 saturated heterocycles. The highest BCUT2D eigenvalue weighted by Crippen LogP contribution is 2.06. The second-order valence-corrected chi connectivity index (χ2v) is 4.69. The van der Waals surface area contributed by atoms with E-state index in [1.807, 2.05) is 7.05 Å². The Labute approximate surface area is 117 Å². The minimum atomic E-state index is 0.670. The molecule has 1 N–H and O–H groups in total. The van der Waals surface area contributed by atoms with Gasteiger partial charge in [0.1, 0.15) is 0 Å². The Morgan fingerprint density at radius 3 is 2.32 bits per heavy atom. The zero-order chi connectivity index (χ0) is 13.8. The third-order valence-corrected chi connectivity index (χ3v) is 2.97. The van der Waals surface area contributed by atoms with Crippen molar-refractivity contribution >= 4 is 0 Å². The molecule has 0 heterocycles. The van der Waals surface area contributed by atoms with Crippen molar-refractivity contribution in [2.45, 2.75) is 32.8 Å².